The molecule has 1 aliphatic carbocycles. The summed E-state index contributed by atoms with van der Waals surface area (Å²) >= 11 is 0. The van der Waals surface area contributed by atoms with Gasteiger partial charge in [0.1, 0.15) is 12.4 Å². The first kappa shape index (κ1) is 14.9. The number of benzene rings is 2. The molecule has 1 atom stereocenters. The molecule has 2 aromatic carbocycles. The molecule has 3 rings (SSSR count). The van der Waals surface area contributed by atoms with Gasteiger partial charge in [-0.2, -0.15) is 0 Å². The molecule has 1 fully saturated rings. The number of nitrogens with two attached hydrogens (primary N) is 1. The Labute approximate surface area is 132 Å². The van der Waals surface area contributed by atoms with Crippen LogP contribution in [0.1, 0.15) is 42.5 Å². The predicted octanol–water partition coefficient (Wildman–Crippen LogP) is 4.71. The summed E-state index contributed by atoms with van der Waals surface area (Å²) in [6.07, 6.45) is 7.15. The molecule has 2 N–H and O–H groups in total. The summed E-state index contributed by atoms with van der Waals surface area (Å²) in [5, 5.41) is 0. The van der Waals surface area contributed by atoms with Gasteiger partial charge >= 0.3 is 0 Å². The first-order chi connectivity index (χ1) is 10.7. The molecule has 2 heteroatoms. The Morgan fingerprint density at radius 3 is 2.64 bits per heavy atom. The van der Waals surface area contributed by atoms with Gasteiger partial charge in [0.05, 0.1) is 0 Å². The van der Waals surface area contributed by atoms with Crippen LogP contribution >= 0.6 is 0 Å². The Morgan fingerprint density at radius 1 is 1.18 bits per heavy atom. The van der Waals surface area contributed by atoms with E-state index in [2.05, 4.69) is 36.4 Å². The van der Waals surface area contributed by atoms with E-state index in [1.54, 1.807) is 0 Å². The van der Waals surface area contributed by atoms with E-state index in [1.165, 1.54) is 24.0 Å². The topological polar surface area (TPSA) is 35.2 Å². The Bertz CT molecular complexity index is 642. The molecule has 0 spiro atoms. The van der Waals surface area contributed by atoms with E-state index in [-0.39, 0.29) is 6.04 Å². The Hall–Kier alpha value is -2.06. The lowest BCUT2D eigenvalue weighted by Gasteiger charge is -2.13. The van der Waals surface area contributed by atoms with Crippen LogP contribution in [-0.4, -0.2) is 0 Å². The summed E-state index contributed by atoms with van der Waals surface area (Å²) in [7, 11) is 0. The fraction of sp³-hybridized carbons (Fsp3) is 0.300. The van der Waals surface area contributed by atoms with Gasteiger partial charge in [0.2, 0.25) is 0 Å². The third-order valence-electron chi connectivity index (χ3n) is 3.97. The second-order valence-corrected chi connectivity index (χ2v) is 6.05. The Kier molecular flexibility index (Phi) is 4.59. The highest BCUT2D eigenvalue weighted by Gasteiger charge is 2.17. The van der Waals surface area contributed by atoms with Gasteiger partial charge in [0.25, 0.3) is 0 Å². The zero-order valence-corrected chi connectivity index (χ0v) is 13.0. The van der Waals surface area contributed by atoms with Crippen LogP contribution in [0.25, 0.3) is 6.08 Å². The van der Waals surface area contributed by atoms with Gasteiger partial charge in [0, 0.05) is 6.04 Å². The lowest BCUT2D eigenvalue weighted by atomic mass is 10.0. The molecular formula is C20H23NO. The van der Waals surface area contributed by atoms with Crippen LogP contribution in [0.5, 0.6) is 5.75 Å². The maximum absolute atomic E-state index is 6.12. The average Bonchev–Trinajstić information content (AvgIpc) is 3.36. The molecular weight excluding hydrogens is 270 g/mol. The van der Waals surface area contributed by atoms with Crippen LogP contribution in [0.15, 0.2) is 54.6 Å². The van der Waals surface area contributed by atoms with Crippen molar-refractivity contribution in [1.29, 1.82) is 0 Å². The van der Waals surface area contributed by atoms with Crippen molar-refractivity contribution in [2.24, 2.45) is 11.7 Å². The zero-order valence-electron chi connectivity index (χ0n) is 13.0. The Morgan fingerprint density at radius 2 is 1.95 bits per heavy atom. The molecule has 2 nitrogen and oxygen atoms in total. The third kappa shape index (κ3) is 3.99. The molecule has 0 radical (unpaired) electrons. The van der Waals surface area contributed by atoms with Crippen LogP contribution in [0.3, 0.4) is 0 Å². The molecule has 1 aliphatic rings. The molecule has 0 aliphatic heterocycles. The highest BCUT2D eigenvalue weighted by atomic mass is 16.5. The largest absolute Gasteiger partial charge is 0.489 e. The van der Waals surface area contributed by atoms with Crippen molar-refractivity contribution >= 4 is 6.08 Å². The van der Waals surface area contributed by atoms with Gasteiger partial charge in [0.15, 0.2) is 0 Å². The van der Waals surface area contributed by atoms with Crippen molar-refractivity contribution in [2.45, 2.75) is 32.4 Å². The minimum absolute atomic E-state index is 0.000807. The molecule has 0 heterocycles. The van der Waals surface area contributed by atoms with E-state index in [9.17, 15) is 0 Å². The number of rotatable bonds is 6. The summed E-state index contributed by atoms with van der Waals surface area (Å²) in [5.74, 6) is 1.65. The molecule has 2 aromatic rings. The van der Waals surface area contributed by atoms with Crippen molar-refractivity contribution in [3.8, 4) is 5.75 Å². The molecule has 1 saturated carbocycles. The van der Waals surface area contributed by atoms with E-state index in [1.807, 2.05) is 31.2 Å². The summed E-state index contributed by atoms with van der Waals surface area (Å²) in [6.45, 7) is 2.60. The fourth-order valence-electron chi connectivity index (χ4n) is 2.46. The molecule has 0 aromatic heterocycles. The van der Waals surface area contributed by atoms with E-state index < -0.39 is 0 Å². The van der Waals surface area contributed by atoms with Crippen molar-refractivity contribution in [3.05, 3.63) is 71.3 Å². The van der Waals surface area contributed by atoms with Crippen molar-refractivity contribution in [2.75, 3.05) is 0 Å². The van der Waals surface area contributed by atoms with Crippen LogP contribution < -0.4 is 10.5 Å². The highest BCUT2D eigenvalue weighted by Crippen LogP contribution is 2.32. The van der Waals surface area contributed by atoms with Crippen LogP contribution in [0, 0.1) is 5.92 Å². The van der Waals surface area contributed by atoms with Crippen LogP contribution in [-0.2, 0) is 6.61 Å². The standard InChI is InChI=1S/C20H23NO/c1-15(21)20-13-19(22-14-17-5-3-2-4-6-17)12-11-18(20)10-9-16-7-8-16/h2-6,9-13,15-16H,7-8,14,21H2,1H3/b10-9+/t15-/m0/s1. The third-order valence-corrected chi connectivity index (χ3v) is 3.97. The highest BCUT2D eigenvalue weighted by molar-refractivity contribution is 5.57. The number of hydrogen-bond acceptors (Lipinski definition) is 2. The van der Waals surface area contributed by atoms with Gasteiger partial charge in [-0.1, -0.05) is 48.6 Å². The van der Waals surface area contributed by atoms with Crippen LogP contribution in [0.4, 0.5) is 0 Å². The normalized spacial score (nSPS) is 15.9. The second-order valence-electron chi connectivity index (χ2n) is 6.05. The van der Waals surface area contributed by atoms with Crippen molar-refractivity contribution in [1.82, 2.24) is 0 Å². The number of ether oxygens (including phenoxy) is 1. The molecule has 0 amide bonds. The van der Waals surface area contributed by atoms with Gasteiger partial charge in [-0.15, -0.1) is 0 Å². The summed E-state index contributed by atoms with van der Waals surface area (Å²) in [6, 6.07) is 16.4. The number of hydrogen-bond donors (Lipinski definition) is 1. The minimum atomic E-state index is -0.000807. The number of allylic oxidation sites excluding steroid dienone is 1. The summed E-state index contributed by atoms with van der Waals surface area (Å²) in [4.78, 5) is 0. The molecule has 22 heavy (non-hydrogen) atoms. The molecule has 114 valence electrons. The van der Waals surface area contributed by atoms with E-state index in [4.69, 9.17) is 10.5 Å². The smallest absolute Gasteiger partial charge is 0.120 e. The maximum Gasteiger partial charge on any atom is 0.120 e. The summed E-state index contributed by atoms with van der Waals surface area (Å²) < 4.78 is 5.90. The van der Waals surface area contributed by atoms with E-state index in [0.717, 1.165) is 17.2 Å². The SMILES string of the molecule is C[C@H](N)c1cc(OCc2ccccc2)ccc1/C=C/C1CC1. The first-order valence-corrected chi connectivity index (χ1v) is 7.97. The van der Waals surface area contributed by atoms with Crippen molar-refractivity contribution < 1.29 is 4.74 Å². The second kappa shape index (κ2) is 6.80. The Balaban J connectivity index is 1.73. The molecule has 0 saturated heterocycles. The maximum atomic E-state index is 6.12. The molecule has 0 unspecified atom stereocenters. The van der Waals surface area contributed by atoms with E-state index >= 15 is 0 Å². The average molecular weight is 293 g/mol. The zero-order chi connectivity index (χ0) is 15.4. The van der Waals surface area contributed by atoms with Crippen LogP contribution in [0.2, 0.25) is 0 Å². The lowest BCUT2D eigenvalue weighted by molar-refractivity contribution is 0.306. The molecule has 0 bridgehead atoms. The first-order valence-electron chi connectivity index (χ1n) is 7.97. The fourth-order valence-corrected chi connectivity index (χ4v) is 2.46. The van der Waals surface area contributed by atoms with Gasteiger partial charge in [-0.05, 0) is 54.5 Å². The quantitative estimate of drug-likeness (QED) is 0.837. The van der Waals surface area contributed by atoms with Gasteiger partial charge in [-0.3, -0.25) is 0 Å². The predicted molar refractivity (Wildman–Crippen MR) is 91.6 cm³/mol. The monoisotopic (exact) mass is 293 g/mol. The van der Waals surface area contributed by atoms with E-state index in [0.29, 0.717) is 6.61 Å². The van der Waals surface area contributed by atoms with Crippen molar-refractivity contribution in [3.63, 3.8) is 0 Å². The minimum Gasteiger partial charge on any atom is -0.489 e. The van der Waals surface area contributed by atoms with Gasteiger partial charge < -0.3 is 10.5 Å². The van der Waals surface area contributed by atoms with Gasteiger partial charge in [-0.25, -0.2) is 0 Å². The summed E-state index contributed by atoms with van der Waals surface area (Å²) in [5.41, 5.74) is 9.64. The lowest BCUT2D eigenvalue weighted by Crippen LogP contribution is -2.07.